The number of rotatable bonds is 3. The van der Waals surface area contributed by atoms with E-state index in [1.165, 1.54) is 18.0 Å². The lowest BCUT2D eigenvalue weighted by atomic mass is 10.0. The summed E-state index contributed by atoms with van der Waals surface area (Å²) in [6.07, 6.45) is -0.251. The van der Waals surface area contributed by atoms with Gasteiger partial charge in [-0.3, -0.25) is 9.59 Å². The van der Waals surface area contributed by atoms with E-state index in [2.05, 4.69) is 0 Å². The smallest absolute Gasteiger partial charge is 0.254 e. The maximum Gasteiger partial charge on any atom is 0.254 e. The van der Waals surface area contributed by atoms with Crippen molar-refractivity contribution in [3.8, 4) is 0 Å². The summed E-state index contributed by atoms with van der Waals surface area (Å²) in [6, 6.07) is 2.27. The SMILES string of the molecule is CN(C(=O)c1ccc(F)c(F)c1)[C@@H]1CC[C@@H](C(N)=O)[C@@H]1O. The Hall–Kier alpha value is -2.02. The number of benzene rings is 1. The zero-order valence-corrected chi connectivity index (χ0v) is 11.4. The van der Waals surface area contributed by atoms with Gasteiger partial charge in [0, 0.05) is 12.6 Å². The van der Waals surface area contributed by atoms with Crippen LogP contribution in [0.25, 0.3) is 0 Å². The van der Waals surface area contributed by atoms with Crippen LogP contribution < -0.4 is 5.73 Å². The highest BCUT2D eigenvalue weighted by Crippen LogP contribution is 2.30. The van der Waals surface area contributed by atoms with Gasteiger partial charge in [0.25, 0.3) is 5.91 Å². The number of amides is 2. The highest BCUT2D eigenvalue weighted by atomic mass is 19.2. The zero-order chi connectivity index (χ0) is 15.7. The van der Waals surface area contributed by atoms with Gasteiger partial charge in [0.15, 0.2) is 11.6 Å². The maximum atomic E-state index is 13.2. The molecule has 0 aromatic heterocycles. The third-order valence-electron chi connectivity index (χ3n) is 3.93. The molecule has 1 aliphatic carbocycles. The summed E-state index contributed by atoms with van der Waals surface area (Å²) in [5.41, 5.74) is 5.16. The van der Waals surface area contributed by atoms with E-state index in [0.717, 1.165) is 12.1 Å². The topological polar surface area (TPSA) is 83.6 Å². The summed E-state index contributed by atoms with van der Waals surface area (Å²) in [7, 11) is 1.45. The van der Waals surface area contributed by atoms with Crippen molar-refractivity contribution in [2.24, 2.45) is 11.7 Å². The predicted molar refractivity (Wildman–Crippen MR) is 70.2 cm³/mol. The molecular weight excluding hydrogens is 282 g/mol. The highest BCUT2D eigenvalue weighted by molar-refractivity contribution is 5.94. The molecule has 0 aliphatic heterocycles. The van der Waals surface area contributed by atoms with Crippen molar-refractivity contribution in [1.82, 2.24) is 4.90 Å². The number of nitrogens with two attached hydrogens (primary N) is 1. The van der Waals surface area contributed by atoms with Crippen LogP contribution in [0.4, 0.5) is 8.78 Å². The summed E-state index contributed by atoms with van der Waals surface area (Å²) in [5.74, 6) is -4.02. The van der Waals surface area contributed by atoms with Crippen molar-refractivity contribution in [3.63, 3.8) is 0 Å². The lowest BCUT2D eigenvalue weighted by Crippen LogP contribution is -2.45. The molecule has 0 bridgehead atoms. The first kappa shape index (κ1) is 15.4. The van der Waals surface area contributed by atoms with Crippen LogP contribution >= 0.6 is 0 Å². The van der Waals surface area contributed by atoms with Crippen LogP contribution in [0.5, 0.6) is 0 Å². The number of carbonyl (C=O) groups excluding carboxylic acids is 2. The second kappa shape index (κ2) is 5.77. The number of likely N-dealkylation sites (N-methyl/N-ethyl adjacent to an activating group) is 1. The summed E-state index contributed by atoms with van der Waals surface area (Å²) in [4.78, 5) is 24.6. The molecule has 0 spiro atoms. The van der Waals surface area contributed by atoms with Crippen molar-refractivity contribution >= 4 is 11.8 Å². The average molecular weight is 298 g/mol. The van der Waals surface area contributed by atoms with Crippen LogP contribution in [0, 0.1) is 17.6 Å². The molecule has 1 saturated carbocycles. The fraction of sp³-hybridized carbons (Fsp3) is 0.429. The highest BCUT2D eigenvalue weighted by Gasteiger charge is 2.41. The molecule has 0 heterocycles. The van der Waals surface area contributed by atoms with Gasteiger partial charge in [-0.2, -0.15) is 0 Å². The van der Waals surface area contributed by atoms with Crippen LogP contribution in [0.15, 0.2) is 18.2 Å². The van der Waals surface area contributed by atoms with E-state index in [1.807, 2.05) is 0 Å². The lowest BCUT2D eigenvalue weighted by Gasteiger charge is -2.28. The summed E-state index contributed by atoms with van der Waals surface area (Å²) in [6.45, 7) is 0. The molecule has 1 aromatic carbocycles. The fourth-order valence-corrected chi connectivity index (χ4v) is 2.68. The van der Waals surface area contributed by atoms with E-state index >= 15 is 0 Å². The standard InChI is InChI=1S/C14H16F2N2O3/c1-18(11-5-3-8(12(11)19)13(17)20)14(21)7-2-4-9(15)10(16)6-7/h2,4,6,8,11-12,19H,3,5H2,1H3,(H2,17,20)/t8-,11-,12+/m1/s1. The minimum absolute atomic E-state index is 0.0221. The number of aliphatic hydroxyl groups is 1. The number of halogens is 2. The third kappa shape index (κ3) is 2.87. The number of nitrogens with zero attached hydrogens (tertiary/aromatic N) is 1. The second-order valence-electron chi connectivity index (χ2n) is 5.19. The van der Waals surface area contributed by atoms with Gasteiger partial charge in [-0.1, -0.05) is 0 Å². The first-order chi connectivity index (χ1) is 9.82. The fourth-order valence-electron chi connectivity index (χ4n) is 2.68. The van der Waals surface area contributed by atoms with Crippen LogP contribution in [0.2, 0.25) is 0 Å². The molecule has 1 aromatic rings. The lowest BCUT2D eigenvalue weighted by molar-refractivity contribution is -0.124. The minimum atomic E-state index is -1.11. The van der Waals surface area contributed by atoms with Crippen LogP contribution in [0.1, 0.15) is 23.2 Å². The Bertz CT molecular complexity index is 579. The number of hydrogen-bond acceptors (Lipinski definition) is 3. The van der Waals surface area contributed by atoms with Gasteiger partial charge in [-0.05, 0) is 31.0 Å². The van der Waals surface area contributed by atoms with E-state index in [0.29, 0.717) is 12.8 Å². The first-order valence-electron chi connectivity index (χ1n) is 6.52. The van der Waals surface area contributed by atoms with Gasteiger partial charge in [-0.25, -0.2) is 8.78 Å². The van der Waals surface area contributed by atoms with E-state index < -0.39 is 41.5 Å². The summed E-state index contributed by atoms with van der Waals surface area (Å²) >= 11 is 0. The number of primary amides is 1. The molecule has 21 heavy (non-hydrogen) atoms. The van der Waals surface area contributed by atoms with Crippen LogP contribution in [-0.2, 0) is 4.79 Å². The molecular formula is C14H16F2N2O3. The Morgan fingerprint density at radius 3 is 2.48 bits per heavy atom. The van der Waals surface area contributed by atoms with Crippen LogP contribution in [-0.4, -0.2) is 41.0 Å². The van der Waals surface area contributed by atoms with Crippen molar-refractivity contribution < 1.29 is 23.5 Å². The molecule has 3 atom stereocenters. The van der Waals surface area contributed by atoms with Gasteiger partial charge >= 0.3 is 0 Å². The number of hydrogen-bond donors (Lipinski definition) is 2. The molecule has 0 saturated heterocycles. The van der Waals surface area contributed by atoms with Gasteiger partial charge in [-0.15, -0.1) is 0 Å². The van der Waals surface area contributed by atoms with Crippen LogP contribution in [0.3, 0.4) is 0 Å². The predicted octanol–water partition coefficient (Wildman–Crippen LogP) is 0.662. The number of carbonyl (C=O) groups is 2. The van der Waals surface area contributed by atoms with Gasteiger partial charge in [0.05, 0.1) is 18.1 Å². The van der Waals surface area contributed by atoms with E-state index in [9.17, 15) is 23.5 Å². The molecule has 114 valence electrons. The monoisotopic (exact) mass is 298 g/mol. The van der Waals surface area contributed by atoms with Gasteiger partial charge in [0.2, 0.25) is 5.91 Å². The maximum absolute atomic E-state index is 13.2. The Balaban J connectivity index is 2.16. The molecule has 2 amide bonds. The van der Waals surface area contributed by atoms with E-state index in [1.54, 1.807) is 0 Å². The molecule has 1 aliphatic rings. The third-order valence-corrected chi connectivity index (χ3v) is 3.93. The van der Waals surface area contributed by atoms with Crippen molar-refractivity contribution in [2.75, 3.05) is 7.05 Å². The molecule has 3 N–H and O–H groups in total. The largest absolute Gasteiger partial charge is 0.390 e. The molecule has 5 nitrogen and oxygen atoms in total. The molecule has 0 unspecified atom stereocenters. The molecule has 7 heteroatoms. The molecule has 0 radical (unpaired) electrons. The first-order valence-corrected chi connectivity index (χ1v) is 6.52. The second-order valence-corrected chi connectivity index (χ2v) is 5.19. The van der Waals surface area contributed by atoms with Gasteiger partial charge in [0.1, 0.15) is 0 Å². The van der Waals surface area contributed by atoms with Gasteiger partial charge < -0.3 is 15.7 Å². The van der Waals surface area contributed by atoms with Crippen molar-refractivity contribution in [2.45, 2.75) is 25.0 Å². The Morgan fingerprint density at radius 1 is 1.29 bits per heavy atom. The summed E-state index contributed by atoms with van der Waals surface area (Å²) < 4.78 is 26.0. The summed E-state index contributed by atoms with van der Waals surface area (Å²) in [5, 5.41) is 10.1. The Labute approximate surface area is 120 Å². The Kier molecular flexibility index (Phi) is 4.22. The number of aliphatic hydroxyl groups excluding tert-OH is 1. The molecule has 1 fully saturated rings. The van der Waals surface area contributed by atoms with Crippen molar-refractivity contribution in [3.05, 3.63) is 35.4 Å². The normalized spacial score (nSPS) is 24.9. The average Bonchev–Trinajstić information content (AvgIpc) is 2.82. The Morgan fingerprint density at radius 2 is 1.95 bits per heavy atom. The minimum Gasteiger partial charge on any atom is -0.390 e. The van der Waals surface area contributed by atoms with Crippen molar-refractivity contribution in [1.29, 1.82) is 0 Å². The van der Waals surface area contributed by atoms with E-state index in [-0.39, 0.29) is 5.56 Å². The molecule has 2 rings (SSSR count). The zero-order valence-electron chi connectivity index (χ0n) is 11.4. The van der Waals surface area contributed by atoms with E-state index in [4.69, 9.17) is 5.73 Å². The quantitative estimate of drug-likeness (QED) is 0.860.